The van der Waals surface area contributed by atoms with Crippen LogP contribution in [0.1, 0.15) is 12.8 Å². The lowest BCUT2D eigenvalue weighted by Gasteiger charge is -2.40. The van der Waals surface area contributed by atoms with Gasteiger partial charge in [0, 0.05) is 13.1 Å². The minimum atomic E-state index is -3.18. The maximum atomic E-state index is 11.8. The molecule has 8 heteroatoms. The molecule has 0 radical (unpaired) electrons. The van der Waals surface area contributed by atoms with Crippen molar-refractivity contribution in [2.24, 2.45) is 0 Å². The zero-order chi connectivity index (χ0) is 12.2. The summed E-state index contributed by atoms with van der Waals surface area (Å²) in [7, 11) is -3.18. The molecule has 1 saturated carbocycles. The molecule has 7 nitrogen and oxygen atoms in total. The standard InChI is InChI=1S/C9H12N2O5S/c12-8-5-16-9(13)11(8)6-3-10(4-6)17(14,15)7-1-2-7/h6-7H,1-5H2. The lowest BCUT2D eigenvalue weighted by Crippen LogP contribution is -2.62. The number of cyclic esters (lactones) is 1. The molecule has 2 heterocycles. The topological polar surface area (TPSA) is 84.0 Å². The number of rotatable bonds is 3. The van der Waals surface area contributed by atoms with E-state index in [-0.39, 0.29) is 36.9 Å². The van der Waals surface area contributed by atoms with Gasteiger partial charge in [0.05, 0.1) is 11.3 Å². The number of carbonyl (C=O) groups excluding carboxylic acids is 2. The third-order valence-electron chi connectivity index (χ3n) is 3.28. The van der Waals surface area contributed by atoms with Crippen molar-refractivity contribution in [3.8, 4) is 0 Å². The van der Waals surface area contributed by atoms with Crippen molar-refractivity contribution < 1.29 is 22.7 Å². The Kier molecular flexibility index (Phi) is 2.21. The predicted octanol–water partition coefficient (Wildman–Crippen LogP) is -0.858. The fraction of sp³-hybridized carbons (Fsp3) is 0.778. The quantitative estimate of drug-likeness (QED) is 0.659. The second-order valence-corrected chi connectivity index (χ2v) is 6.75. The van der Waals surface area contributed by atoms with E-state index >= 15 is 0 Å². The molecule has 2 saturated heterocycles. The molecule has 0 aromatic heterocycles. The first-order chi connectivity index (χ1) is 8.00. The summed E-state index contributed by atoms with van der Waals surface area (Å²) < 4.78 is 29.5. The number of amides is 2. The second kappa shape index (κ2) is 3.42. The highest BCUT2D eigenvalue weighted by atomic mass is 32.2. The van der Waals surface area contributed by atoms with Gasteiger partial charge >= 0.3 is 6.09 Å². The van der Waals surface area contributed by atoms with Crippen molar-refractivity contribution in [1.82, 2.24) is 9.21 Å². The van der Waals surface area contributed by atoms with E-state index in [4.69, 9.17) is 0 Å². The monoisotopic (exact) mass is 260 g/mol. The molecule has 2 aliphatic heterocycles. The lowest BCUT2D eigenvalue weighted by atomic mass is 10.1. The molecule has 3 aliphatic rings. The Morgan fingerprint density at radius 3 is 2.29 bits per heavy atom. The van der Waals surface area contributed by atoms with Gasteiger partial charge in [-0.25, -0.2) is 18.1 Å². The summed E-state index contributed by atoms with van der Waals surface area (Å²) in [4.78, 5) is 23.6. The van der Waals surface area contributed by atoms with E-state index in [2.05, 4.69) is 4.74 Å². The molecule has 1 aliphatic carbocycles. The Hall–Kier alpha value is -1.15. The summed E-state index contributed by atoms with van der Waals surface area (Å²) >= 11 is 0. The van der Waals surface area contributed by atoms with Crippen LogP contribution in [0.2, 0.25) is 0 Å². The molecule has 0 aromatic rings. The molecule has 17 heavy (non-hydrogen) atoms. The van der Waals surface area contributed by atoms with Crippen molar-refractivity contribution in [2.75, 3.05) is 19.7 Å². The van der Waals surface area contributed by atoms with Crippen LogP contribution in [-0.2, 0) is 19.6 Å². The minimum Gasteiger partial charge on any atom is -0.439 e. The minimum absolute atomic E-state index is 0.208. The second-order valence-electron chi connectivity index (χ2n) is 4.53. The molecular formula is C9H12N2O5S. The molecule has 3 rings (SSSR count). The largest absolute Gasteiger partial charge is 0.439 e. The number of nitrogens with zero attached hydrogens (tertiary/aromatic N) is 2. The van der Waals surface area contributed by atoms with Gasteiger partial charge in [0.25, 0.3) is 5.91 Å². The molecule has 0 N–H and O–H groups in total. The Balaban J connectivity index is 1.65. The van der Waals surface area contributed by atoms with E-state index in [0.29, 0.717) is 12.8 Å². The highest BCUT2D eigenvalue weighted by molar-refractivity contribution is 7.90. The fourth-order valence-corrected chi connectivity index (χ4v) is 3.99. The normalized spacial score (nSPS) is 27.2. The van der Waals surface area contributed by atoms with E-state index in [1.54, 1.807) is 0 Å². The smallest absolute Gasteiger partial charge is 0.417 e. The van der Waals surface area contributed by atoms with Gasteiger partial charge in [0.15, 0.2) is 6.61 Å². The van der Waals surface area contributed by atoms with Crippen LogP contribution in [0.3, 0.4) is 0 Å². The number of imide groups is 1. The third-order valence-corrected chi connectivity index (χ3v) is 5.62. The van der Waals surface area contributed by atoms with Gasteiger partial charge in [-0.15, -0.1) is 0 Å². The molecule has 0 spiro atoms. The van der Waals surface area contributed by atoms with Crippen LogP contribution in [-0.4, -0.2) is 60.6 Å². The summed E-state index contributed by atoms with van der Waals surface area (Å²) in [6.07, 6.45) is 0.769. The SMILES string of the molecule is O=C1COC(=O)N1C1CN(S(=O)(=O)C2CC2)C1. The van der Waals surface area contributed by atoms with Gasteiger partial charge in [-0.05, 0) is 12.8 Å². The Morgan fingerprint density at radius 1 is 1.18 bits per heavy atom. The van der Waals surface area contributed by atoms with Crippen LogP contribution in [0, 0.1) is 0 Å². The van der Waals surface area contributed by atoms with Gasteiger partial charge in [-0.3, -0.25) is 4.79 Å². The number of hydrogen-bond acceptors (Lipinski definition) is 5. The average Bonchev–Trinajstić information content (AvgIpc) is 2.97. The summed E-state index contributed by atoms with van der Waals surface area (Å²) in [6.45, 7) is 0.185. The molecule has 0 bridgehead atoms. The average molecular weight is 260 g/mol. The number of carbonyl (C=O) groups is 2. The predicted molar refractivity (Wildman–Crippen MR) is 55.5 cm³/mol. The van der Waals surface area contributed by atoms with Gasteiger partial charge in [0.2, 0.25) is 10.0 Å². The summed E-state index contributed by atoms with van der Waals surface area (Å²) in [5.74, 6) is -0.386. The number of hydrogen-bond donors (Lipinski definition) is 0. The summed E-state index contributed by atoms with van der Waals surface area (Å²) in [5.41, 5.74) is 0. The van der Waals surface area contributed by atoms with E-state index in [9.17, 15) is 18.0 Å². The summed E-state index contributed by atoms with van der Waals surface area (Å²) in [6, 6.07) is -0.356. The highest BCUT2D eigenvalue weighted by Crippen LogP contribution is 2.34. The van der Waals surface area contributed by atoms with Gasteiger partial charge < -0.3 is 4.74 Å². The van der Waals surface area contributed by atoms with E-state index in [1.165, 1.54) is 4.31 Å². The van der Waals surface area contributed by atoms with E-state index in [0.717, 1.165) is 4.90 Å². The lowest BCUT2D eigenvalue weighted by molar-refractivity contribution is -0.128. The van der Waals surface area contributed by atoms with Crippen molar-refractivity contribution in [3.63, 3.8) is 0 Å². The molecule has 3 fully saturated rings. The highest BCUT2D eigenvalue weighted by Gasteiger charge is 2.50. The van der Waals surface area contributed by atoms with Crippen molar-refractivity contribution in [1.29, 1.82) is 0 Å². The van der Waals surface area contributed by atoms with Crippen LogP contribution < -0.4 is 0 Å². The zero-order valence-electron chi connectivity index (χ0n) is 9.03. The van der Waals surface area contributed by atoms with Crippen LogP contribution in [0.5, 0.6) is 0 Å². The molecular weight excluding hydrogens is 248 g/mol. The van der Waals surface area contributed by atoms with Crippen molar-refractivity contribution >= 4 is 22.0 Å². The maximum absolute atomic E-state index is 11.8. The molecule has 0 aromatic carbocycles. The number of sulfonamides is 1. The Labute approximate surface area is 98.4 Å². The molecule has 2 amide bonds. The van der Waals surface area contributed by atoms with Crippen LogP contribution in [0.4, 0.5) is 4.79 Å². The first-order valence-corrected chi connectivity index (χ1v) is 6.98. The van der Waals surface area contributed by atoms with Crippen LogP contribution >= 0.6 is 0 Å². The Bertz CT molecular complexity index is 462. The van der Waals surface area contributed by atoms with Gasteiger partial charge in [-0.1, -0.05) is 0 Å². The van der Waals surface area contributed by atoms with Crippen molar-refractivity contribution in [3.05, 3.63) is 0 Å². The van der Waals surface area contributed by atoms with Crippen molar-refractivity contribution in [2.45, 2.75) is 24.1 Å². The fourth-order valence-electron chi connectivity index (χ4n) is 2.08. The molecule has 0 unspecified atom stereocenters. The van der Waals surface area contributed by atoms with E-state index < -0.39 is 16.1 Å². The molecule has 94 valence electrons. The van der Waals surface area contributed by atoms with Gasteiger partial charge in [0.1, 0.15) is 0 Å². The Morgan fingerprint density at radius 2 is 1.82 bits per heavy atom. The summed E-state index contributed by atoms with van der Waals surface area (Å²) in [5, 5.41) is -0.246. The third kappa shape index (κ3) is 1.62. The zero-order valence-corrected chi connectivity index (χ0v) is 9.85. The first-order valence-electron chi connectivity index (χ1n) is 5.48. The van der Waals surface area contributed by atoms with Crippen LogP contribution in [0.25, 0.3) is 0 Å². The molecule has 0 atom stereocenters. The van der Waals surface area contributed by atoms with Crippen LogP contribution in [0.15, 0.2) is 0 Å². The first kappa shape index (κ1) is 11.0. The van der Waals surface area contributed by atoms with Gasteiger partial charge in [-0.2, -0.15) is 4.31 Å². The van der Waals surface area contributed by atoms with E-state index in [1.807, 2.05) is 0 Å². The maximum Gasteiger partial charge on any atom is 0.417 e. The number of ether oxygens (including phenoxy) is 1.